The molecule has 0 radical (unpaired) electrons. The summed E-state index contributed by atoms with van der Waals surface area (Å²) in [6, 6.07) is -2.62. The Labute approximate surface area is 177 Å². The summed E-state index contributed by atoms with van der Waals surface area (Å²) in [4.78, 5) is 48.2. The normalized spacial score (nSPS) is 15.1. The summed E-state index contributed by atoms with van der Waals surface area (Å²) in [5, 5.41) is 16.9. The quantitative estimate of drug-likeness (QED) is 0.265. The molecule has 4 atom stereocenters. The fourth-order valence-electron chi connectivity index (χ4n) is 2.60. The first-order valence-corrected chi connectivity index (χ1v) is 11.3. The summed E-state index contributed by atoms with van der Waals surface area (Å²) in [7, 11) is 0. The number of carboxylic acid groups (broad SMARTS) is 1. The second-order valence-electron chi connectivity index (χ2n) is 7.57. The van der Waals surface area contributed by atoms with Gasteiger partial charge < -0.3 is 26.8 Å². The van der Waals surface area contributed by atoms with Gasteiger partial charge >= 0.3 is 5.97 Å². The lowest BCUT2D eigenvalue weighted by Crippen LogP contribution is -2.55. The molecule has 10 heteroatoms. The Morgan fingerprint density at radius 2 is 1.69 bits per heavy atom. The standard InChI is InChI=1S/C19H36N4O5S/c1-6-12(4)16(19(27)28)23-18(26)14(7-8-29-5)22-15(24)10-21-17(25)13(20)9-11(2)3/h11-14,16H,6-10,20H2,1-5H3,(H,21,25)(H,22,24)(H,23,26)(H,27,28). The van der Waals surface area contributed by atoms with Crippen LogP contribution in [-0.4, -0.2) is 65.5 Å². The van der Waals surface area contributed by atoms with Crippen molar-refractivity contribution in [2.45, 2.75) is 65.1 Å². The largest absolute Gasteiger partial charge is 0.480 e. The summed E-state index contributed by atoms with van der Waals surface area (Å²) in [6.07, 6.45) is 3.29. The molecule has 0 bridgehead atoms. The minimum absolute atomic E-state index is 0.247. The van der Waals surface area contributed by atoms with Crippen LogP contribution in [0.4, 0.5) is 0 Å². The zero-order valence-electron chi connectivity index (χ0n) is 18.0. The summed E-state index contributed by atoms with van der Waals surface area (Å²) in [6.45, 7) is 7.16. The van der Waals surface area contributed by atoms with E-state index in [0.29, 0.717) is 25.0 Å². The molecule has 0 heterocycles. The Kier molecular flexibility index (Phi) is 13.3. The molecule has 0 rings (SSSR count). The summed E-state index contributed by atoms with van der Waals surface area (Å²) in [5.74, 6) is -2.04. The van der Waals surface area contributed by atoms with Crippen LogP contribution in [0.1, 0.15) is 47.0 Å². The highest BCUT2D eigenvalue weighted by Gasteiger charge is 2.29. The van der Waals surface area contributed by atoms with Gasteiger partial charge in [-0.25, -0.2) is 4.79 Å². The van der Waals surface area contributed by atoms with Gasteiger partial charge in [-0.2, -0.15) is 11.8 Å². The molecule has 0 saturated heterocycles. The first-order valence-electron chi connectivity index (χ1n) is 9.88. The third-order valence-corrected chi connectivity index (χ3v) is 5.17. The van der Waals surface area contributed by atoms with Crippen LogP contribution in [0.3, 0.4) is 0 Å². The van der Waals surface area contributed by atoms with Crippen molar-refractivity contribution < 1.29 is 24.3 Å². The molecule has 0 aromatic carbocycles. The molecular formula is C19H36N4O5S. The fraction of sp³-hybridized carbons (Fsp3) is 0.789. The van der Waals surface area contributed by atoms with E-state index in [2.05, 4.69) is 16.0 Å². The second-order valence-corrected chi connectivity index (χ2v) is 8.55. The van der Waals surface area contributed by atoms with Crippen LogP contribution in [0.2, 0.25) is 0 Å². The van der Waals surface area contributed by atoms with Crippen molar-refractivity contribution in [2.24, 2.45) is 17.6 Å². The molecule has 29 heavy (non-hydrogen) atoms. The Morgan fingerprint density at radius 1 is 1.07 bits per heavy atom. The van der Waals surface area contributed by atoms with Gasteiger partial charge in [0.1, 0.15) is 12.1 Å². The van der Waals surface area contributed by atoms with E-state index in [-0.39, 0.29) is 18.4 Å². The number of thioether (sulfide) groups is 1. The molecule has 168 valence electrons. The SMILES string of the molecule is CCC(C)C(NC(=O)C(CCSC)NC(=O)CNC(=O)C(N)CC(C)C)C(=O)O. The lowest BCUT2D eigenvalue weighted by atomic mass is 9.99. The van der Waals surface area contributed by atoms with E-state index in [0.717, 1.165) is 0 Å². The van der Waals surface area contributed by atoms with Crippen LogP contribution in [0.15, 0.2) is 0 Å². The molecule has 0 aliphatic carbocycles. The van der Waals surface area contributed by atoms with Gasteiger partial charge in [-0.1, -0.05) is 34.1 Å². The van der Waals surface area contributed by atoms with Crippen molar-refractivity contribution in [3.05, 3.63) is 0 Å². The number of carboxylic acids is 1. The van der Waals surface area contributed by atoms with Gasteiger partial charge in [0, 0.05) is 0 Å². The molecule has 9 nitrogen and oxygen atoms in total. The van der Waals surface area contributed by atoms with E-state index in [4.69, 9.17) is 5.73 Å². The number of rotatable bonds is 14. The maximum Gasteiger partial charge on any atom is 0.326 e. The minimum Gasteiger partial charge on any atom is -0.480 e. The zero-order valence-corrected chi connectivity index (χ0v) is 18.8. The van der Waals surface area contributed by atoms with Crippen LogP contribution in [0, 0.1) is 11.8 Å². The van der Waals surface area contributed by atoms with Gasteiger partial charge in [0.15, 0.2) is 0 Å². The van der Waals surface area contributed by atoms with Crippen LogP contribution >= 0.6 is 11.8 Å². The predicted molar refractivity (Wildman–Crippen MR) is 114 cm³/mol. The molecule has 4 unspecified atom stereocenters. The molecule has 0 fully saturated rings. The molecule has 0 spiro atoms. The summed E-state index contributed by atoms with van der Waals surface area (Å²) >= 11 is 1.50. The maximum atomic E-state index is 12.6. The lowest BCUT2D eigenvalue weighted by molar-refractivity contribution is -0.143. The molecule has 0 aliphatic rings. The number of carbonyl (C=O) groups excluding carboxylic acids is 3. The lowest BCUT2D eigenvalue weighted by Gasteiger charge is -2.24. The van der Waals surface area contributed by atoms with Gasteiger partial charge in [0.05, 0.1) is 12.6 Å². The second kappa shape index (κ2) is 14.2. The first-order chi connectivity index (χ1) is 13.5. The van der Waals surface area contributed by atoms with Crippen molar-refractivity contribution in [3.63, 3.8) is 0 Å². The predicted octanol–water partition coefficient (Wildman–Crippen LogP) is 0.329. The highest BCUT2D eigenvalue weighted by molar-refractivity contribution is 7.98. The smallest absolute Gasteiger partial charge is 0.326 e. The van der Waals surface area contributed by atoms with Gasteiger partial charge in [0.25, 0.3) is 0 Å². The average molecular weight is 433 g/mol. The first kappa shape index (κ1) is 27.2. The topological polar surface area (TPSA) is 151 Å². The van der Waals surface area contributed by atoms with Crippen LogP contribution in [-0.2, 0) is 19.2 Å². The highest BCUT2D eigenvalue weighted by Crippen LogP contribution is 2.09. The maximum absolute atomic E-state index is 12.6. The Bertz CT molecular complexity index is 559. The molecule has 6 N–H and O–H groups in total. The summed E-state index contributed by atoms with van der Waals surface area (Å²) in [5.41, 5.74) is 5.78. The van der Waals surface area contributed by atoms with E-state index in [1.807, 2.05) is 27.0 Å². The van der Waals surface area contributed by atoms with Gasteiger partial charge in [-0.3, -0.25) is 14.4 Å². The average Bonchev–Trinajstić information content (AvgIpc) is 2.65. The Morgan fingerprint density at radius 3 is 2.17 bits per heavy atom. The fourth-order valence-corrected chi connectivity index (χ4v) is 3.07. The Balaban J connectivity index is 4.88. The number of nitrogens with two attached hydrogens (primary N) is 1. The number of hydrogen-bond acceptors (Lipinski definition) is 6. The van der Waals surface area contributed by atoms with Crippen molar-refractivity contribution >= 4 is 35.5 Å². The number of hydrogen-bond donors (Lipinski definition) is 5. The van der Waals surface area contributed by atoms with Crippen molar-refractivity contribution in [2.75, 3.05) is 18.6 Å². The van der Waals surface area contributed by atoms with E-state index in [1.54, 1.807) is 6.92 Å². The molecular weight excluding hydrogens is 396 g/mol. The van der Waals surface area contributed by atoms with E-state index in [9.17, 15) is 24.3 Å². The van der Waals surface area contributed by atoms with Crippen molar-refractivity contribution in [1.82, 2.24) is 16.0 Å². The Hall–Kier alpha value is -1.81. The van der Waals surface area contributed by atoms with Gasteiger partial charge in [-0.05, 0) is 36.7 Å². The molecule has 3 amide bonds. The van der Waals surface area contributed by atoms with Crippen LogP contribution < -0.4 is 21.7 Å². The van der Waals surface area contributed by atoms with Gasteiger partial charge in [0.2, 0.25) is 17.7 Å². The molecule has 0 aliphatic heterocycles. The van der Waals surface area contributed by atoms with Crippen molar-refractivity contribution in [3.8, 4) is 0 Å². The number of carbonyl (C=O) groups is 4. The van der Waals surface area contributed by atoms with E-state index >= 15 is 0 Å². The third-order valence-electron chi connectivity index (χ3n) is 4.52. The molecule has 0 aromatic heterocycles. The number of amides is 3. The minimum atomic E-state index is -1.12. The van der Waals surface area contributed by atoms with Gasteiger partial charge in [-0.15, -0.1) is 0 Å². The number of aliphatic carboxylic acids is 1. The monoisotopic (exact) mass is 432 g/mol. The third kappa shape index (κ3) is 11.1. The molecule has 0 aromatic rings. The number of nitrogens with one attached hydrogen (secondary N) is 3. The van der Waals surface area contributed by atoms with E-state index in [1.165, 1.54) is 11.8 Å². The van der Waals surface area contributed by atoms with Crippen LogP contribution in [0.5, 0.6) is 0 Å². The van der Waals surface area contributed by atoms with Crippen LogP contribution in [0.25, 0.3) is 0 Å². The zero-order chi connectivity index (χ0) is 22.6. The summed E-state index contributed by atoms with van der Waals surface area (Å²) < 4.78 is 0. The highest BCUT2D eigenvalue weighted by atomic mass is 32.2. The van der Waals surface area contributed by atoms with E-state index < -0.39 is 41.8 Å². The van der Waals surface area contributed by atoms with Crippen molar-refractivity contribution in [1.29, 1.82) is 0 Å². The molecule has 0 saturated carbocycles.